The van der Waals surface area contributed by atoms with Gasteiger partial charge in [-0.05, 0) is 36.1 Å². The van der Waals surface area contributed by atoms with Gasteiger partial charge >= 0.3 is 0 Å². The lowest BCUT2D eigenvalue weighted by molar-refractivity contribution is -0.112. The summed E-state index contributed by atoms with van der Waals surface area (Å²) in [6.45, 7) is 3.90. The number of nitrogens with zero attached hydrogens (tertiary/aromatic N) is 1. The molecule has 0 aromatic heterocycles. The van der Waals surface area contributed by atoms with Gasteiger partial charge in [0.05, 0.1) is 5.69 Å². The SMILES string of the molecule is CCc1cccc(C)c1NC(=O)C1=C(c2ccccc2)c2ccccc2N(C)S1(=O)=O. The predicted octanol–water partition coefficient (Wildman–Crippen LogP) is 4.74. The van der Waals surface area contributed by atoms with Crippen molar-refractivity contribution in [2.24, 2.45) is 0 Å². The number of carbonyl (C=O) groups excluding carboxylic acids is 1. The molecule has 1 heterocycles. The number of anilines is 2. The maximum absolute atomic E-state index is 13.6. The lowest BCUT2D eigenvalue weighted by Crippen LogP contribution is -2.37. The molecule has 1 amide bonds. The van der Waals surface area contributed by atoms with Crippen LogP contribution in [0.2, 0.25) is 0 Å². The molecule has 0 saturated heterocycles. The lowest BCUT2D eigenvalue weighted by Gasteiger charge is -2.31. The molecule has 3 aromatic rings. The van der Waals surface area contributed by atoms with E-state index >= 15 is 0 Å². The van der Waals surface area contributed by atoms with Gasteiger partial charge < -0.3 is 5.32 Å². The number of nitrogens with one attached hydrogen (secondary N) is 1. The quantitative estimate of drug-likeness (QED) is 0.648. The van der Waals surface area contributed by atoms with Crippen LogP contribution in [-0.2, 0) is 21.2 Å². The molecular formula is C25H24N2O3S. The summed E-state index contributed by atoms with van der Waals surface area (Å²) in [5.74, 6) is -0.635. The fourth-order valence-electron chi connectivity index (χ4n) is 3.97. The van der Waals surface area contributed by atoms with Gasteiger partial charge in [0.2, 0.25) is 0 Å². The summed E-state index contributed by atoms with van der Waals surface area (Å²) in [4.78, 5) is 13.3. The number of fused-ring (bicyclic) bond motifs is 1. The minimum absolute atomic E-state index is 0.245. The lowest BCUT2D eigenvalue weighted by atomic mass is 9.95. The van der Waals surface area contributed by atoms with Crippen LogP contribution in [0.3, 0.4) is 0 Å². The monoisotopic (exact) mass is 432 g/mol. The Hall–Kier alpha value is -3.38. The highest BCUT2D eigenvalue weighted by molar-refractivity contribution is 7.97. The Morgan fingerprint density at radius 3 is 2.32 bits per heavy atom. The summed E-state index contributed by atoms with van der Waals surface area (Å²) in [6.07, 6.45) is 0.720. The molecule has 0 aliphatic carbocycles. The third kappa shape index (κ3) is 3.53. The molecule has 0 radical (unpaired) electrons. The van der Waals surface area contributed by atoms with Gasteiger partial charge in [-0.25, -0.2) is 8.42 Å². The molecule has 0 saturated carbocycles. The van der Waals surface area contributed by atoms with Crippen molar-refractivity contribution >= 4 is 32.9 Å². The number of aryl methyl sites for hydroxylation is 2. The van der Waals surface area contributed by atoms with Gasteiger partial charge in [0.1, 0.15) is 0 Å². The first kappa shape index (κ1) is 20.9. The first-order valence-electron chi connectivity index (χ1n) is 10.1. The number of sulfonamides is 1. The molecule has 3 aromatic carbocycles. The number of para-hydroxylation sites is 2. The highest BCUT2D eigenvalue weighted by Gasteiger charge is 2.39. The van der Waals surface area contributed by atoms with Gasteiger partial charge in [0.25, 0.3) is 15.9 Å². The number of hydrogen-bond donors (Lipinski definition) is 1. The van der Waals surface area contributed by atoms with Gasteiger partial charge in [-0.1, -0.05) is 73.7 Å². The van der Waals surface area contributed by atoms with E-state index in [1.165, 1.54) is 11.4 Å². The summed E-state index contributed by atoms with van der Waals surface area (Å²) < 4.78 is 28.3. The van der Waals surface area contributed by atoms with E-state index in [1.54, 1.807) is 12.1 Å². The van der Waals surface area contributed by atoms with E-state index in [0.29, 0.717) is 28.1 Å². The molecule has 0 bridgehead atoms. The van der Waals surface area contributed by atoms with Gasteiger partial charge in [0.15, 0.2) is 4.91 Å². The second-order valence-electron chi connectivity index (χ2n) is 7.48. The molecule has 1 aliphatic heterocycles. The number of amides is 1. The molecule has 6 heteroatoms. The molecule has 1 N–H and O–H groups in total. The fourth-order valence-corrected chi connectivity index (χ4v) is 5.43. The molecule has 5 nitrogen and oxygen atoms in total. The third-order valence-corrected chi connectivity index (χ3v) is 7.43. The van der Waals surface area contributed by atoms with Gasteiger partial charge in [-0.2, -0.15) is 0 Å². The minimum Gasteiger partial charge on any atom is -0.321 e. The largest absolute Gasteiger partial charge is 0.321 e. The van der Waals surface area contributed by atoms with E-state index in [0.717, 1.165) is 17.5 Å². The molecule has 31 heavy (non-hydrogen) atoms. The predicted molar refractivity (Wildman–Crippen MR) is 125 cm³/mol. The first-order valence-corrected chi connectivity index (χ1v) is 11.6. The van der Waals surface area contributed by atoms with Crippen molar-refractivity contribution in [2.45, 2.75) is 20.3 Å². The smallest absolute Gasteiger partial charge is 0.270 e. The topological polar surface area (TPSA) is 66.5 Å². The van der Waals surface area contributed by atoms with E-state index < -0.39 is 15.9 Å². The van der Waals surface area contributed by atoms with E-state index in [4.69, 9.17) is 0 Å². The summed E-state index contributed by atoms with van der Waals surface area (Å²) in [7, 11) is -2.58. The Kier molecular flexibility index (Phi) is 5.41. The van der Waals surface area contributed by atoms with Crippen LogP contribution in [0.15, 0.2) is 77.7 Å². The minimum atomic E-state index is -4.06. The van der Waals surface area contributed by atoms with E-state index in [1.807, 2.05) is 74.5 Å². The Balaban J connectivity index is 1.98. The highest BCUT2D eigenvalue weighted by Crippen LogP contribution is 2.42. The average molecular weight is 433 g/mol. The molecule has 1 aliphatic rings. The van der Waals surface area contributed by atoms with Crippen molar-refractivity contribution in [1.82, 2.24) is 0 Å². The number of hydrogen-bond acceptors (Lipinski definition) is 3. The van der Waals surface area contributed by atoms with Crippen LogP contribution < -0.4 is 9.62 Å². The Morgan fingerprint density at radius 2 is 1.61 bits per heavy atom. The second kappa shape index (κ2) is 8.04. The third-order valence-electron chi connectivity index (χ3n) is 5.61. The second-order valence-corrected chi connectivity index (χ2v) is 9.38. The van der Waals surface area contributed by atoms with Crippen LogP contribution in [0, 0.1) is 6.92 Å². The Bertz CT molecular complexity index is 1300. The van der Waals surface area contributed by atoms with Crippen LogP contribution in [0.4, 0.5) is 11.4 Å². The average Bonchev–Trinajstić information content (AvgIpc) is 2.78. The van der Waals surface area contributed by atoms with Crippen molar-refractivity contribution in [2.75, 3.05) is 16.7 Å². The molecule has 158 valence electrons. The normalized spacial score (nSPS) is 14.9. The van der Waals surface area contributed by atoms with Crippen molar-refractivity contribution in [3.8, 4) is 0 Å². The maximum atomic E-state index is 13.6. The molecule has 0 fully saturated rings. The van der Waals surface area contributed by atoms with Gasteiger partial charge in [-0.3, -0.25) is 9.10 Å². The Morgan fingerprint density at radius 1 is 0.935 bits per heavy atom. The van der Waals surface area contributed by atoms with Crippen molar-refractivity contribution in [3.05, 3.63) is 100.0 Å². The van der Waals surface area contributed by atoms with Crippen LogP contribution in [0.25, 0.3) is 5.57 Å². The van der Waals surface area contributed by atoms with Gasteiger partial charge in [0, 0.05) is 23.9 Å². The van der Waals surface area contributed by atoms with Crippen LogP contribution in [0.1, 0.15) is 29.2 Å². The van der Waals surface area contributed by atoms with E-state index in [2.05, 4.69) is 5.32 Å². The summed E-state index contributed by atoms with van der Waals surface area (Å²) in [5.41, 5.74) is 4.84. The molecule has 4 rings (SSSR count). The van der Waals surface area contributed by atoms with Gasteiger partial charge in [-0.15, -0.1) is 0 Å². The van der Waals surface area contributed by atoms with Crippen LogP contribution in [-0.4, -0.2) is 21.4 Å². The number of rotatable bonds is 4. The molecular weight excluding hydrogens is 408 g/mol. The summed E-state index contributed by atoms with van der Waals surface area (Å²) in [5, 5.41) is 2.90. The van der Waals surface area contributed by atoms with Crippen molar-refractivity contribution in [3.63, 3.8) is 0 Å². The van der Waals surface area contributed by atoms with E-state index in [9.17, 15) is 13.2 Å². The van der Waals surface area contributed by atoms with Crippen molar-refractivity contribution in [1.29, 1.82) is 0 Å². The van der Waals surface area contributed by atoms with Crippen LogP contribution >= 0.6 is 0 Å². The zero-order valence-corrected chi connectivity index (χ0v) is 18.5. The van der Waals surface area contributed by atoms with E-state index in [-0.39, 0.29) is 4.91 Å². The Labute approximate surface area is 183 Å². The zero-order valence-electron chi connectivity index (χ0n) is 17.7. The fraction of sp³-hybridized carbons (Fsp3) is 0.160. The summed E-state index contributed by atoms with van der Waals surface area (Å²) in [6, 6.07) is 22.2. The standard InChI is InChI=1S/C25H24N2O3S/c1-4-18-14-10-11-17(2)23(18)26-25(28)24-22(19-12-6-5-7-13-19)20-15-8-9-16-21(20)27(3)31(24,29)30/h5-16H,4H2,1-3H3,(H,26,28). The molecule has 0 spiro atoms. The van der Waals surface area contributed by atoms with Crippen LogP contribution in [0.5, 0.6) is 0 Å². The first-order chi connectivity index (χ1) is 14.9. The maximum Gasteiger partial charge on any atom is 0.270 e. The summed E-state index contributed by atoms with van der Waals surface area (Å²) >= 11 is 0. The number of benzene rings is 3. The zero-order chi connectivity index (χ0) is 22.2. The molecule has 0 atom stereocenters. The highest BCUT2D eigenvalue weighted by atomic mass is 32.2. The molecule has 0 unspecified atom stereocenters. The van der Waals surface area contributed by atoms with Crippen molar-refractivity contribution < 1.29 is 13.2 Å². The number of carbonyl (C=O) groups is 1.